The smallest absolute Gasteiger partial charge is 0.417 e. The average Bonchev–Trinajstić information content (AvgIpc) is 4.05. The van der Waals surface area contributed by atoms with E-state index in [4.69, 9.17) is 21.7 Å². The maximum absolute atomic E-state index is 13.8. The summed E-state index contributed by atoms with van der Waals surface area (Å²) in [5.74, 6) is -0.980. The van der Waals surface area contributed by atoms with Gasteiger partial charge in [0.05, 0.1) is 45.6 Å². The predicted octanol–water partition coefficient (Wildman–Crippen LogP) is 9.22. The first-order chi connectivity index (χ1) is 33.4. The summed E-state index contributed by atoms with van der Waals surface area (Å²) in [6.45, 7) is 10.3. The number of thiazole rings is 1. The van der Waals surface area contributed by atoms with E-state index in [1.807, 2.05) is 86.9 Å². The third-order valence-electron chi connectivity index (χ3n) is 12.4. The number of carbonyl (C=O) groups is 4. The van der Waals surface area contributed by atoms with Crippen molar-refractivity contribution in [3.8, 4) is 33.4 Å². The molecule has 366 valence electrons. The van der Waals surface area contributed by atoms with Crippen molar-refractivity contribution in [2.75, 3.05) is 36.2 Å². The summed E-state index contributed by atoms with van der Waals surface area (Å²) in [6.07, 6.45) is -2.27. The van der Waals surface area contributed by atoms with Crippen molar-refractivity contribution in [1.29, 1.82) is 5.26 Å². The monoisotopic (exact) mass is 993 g/mol. The second-order valence-corrected chi connectivity index (χ2v) is 19.2. The Kier molecular flexibility index (Phi) is 16.0. The molecule has 13 nitrogen and oxygen atoms in total. The Labute approximate surface area is 414 Å². The number of rotatable bonds is 18. The molecule has 0 saturated carbocycles. The van der Waals surface area contributed by atoms with Crippen LogP contribution in [0.1, 0.15) is 75.8 Å². The van der Waals surface area contributed by atoms with Gasteiger partial charge in [0.15, 0.2) is 5.11 Å². The highest BCUT2D eigenvalue weighted by Gasteiger charge is 2.51. The first-order valence-electron chi connectivity index (χ1n) is 23.0. The second-order valence-electron chi connectivity index (χ2n) is 18.0. The summed E-state index contributed by atoms with van der Waals surface area (Å²) in [7, 11) is 0. The van der Waals surface area contributed by atoms with Crippen LogP contribution < -0.4 is 25.2 Å². The normalized spacial score (nSPS) is 16.1. The van der Waals surface area contributed by atoms with Gasteiger partial charge in [0.2, 0.25) is 17.7 Å². The zero-order chi connectivity index (χ0) is 50.3. The van der Waals surface area contributed by atoms with Gasteiger partial charge in [0, 0.05) is 25.4 Å². The topological polar surface area (TPSA) is 157 Å². The van der Waals surface area contributed by atoms with Crippen LogP contribution >= 0.6 is 23.6 Å². The van der Waals surface area contributed by atoms with Gasteiger partial charge < -0.3 is 29.9 Å². The van der Waals surface area contributed by atoms with Gasteiger partial charge in [-0.2, -0.15) is 18.4 Å². The Hall–Kier alpha value is -6.68. The van der Waals surface area contributed by atoms with Gasteiger partial charge in [0.25, 0.3) is 5.91 Å². The highest BCUT2D eigenvalue weighted by atomic mass is 32.1. The molecule has 0 aliphatic carbocycles. The van der Waals surface area contributed by atoms with E-state index < -0.39 is 46.7 Å². The van der Waals surface area contributed by atoms with Gasteiger partial charge in [-0.3, -0.25) is 24.1 Å². The van der Waals surface area contributed by atoms with Crippen molar-refractivity contribution in [3.05, 3.63) is 119 Å². The largest absolute Gasteiger partial charge is 0.494 e. The molecule has 18 heteroatoms. The van der Waals surface area contributed by atoms with Crippen LogP contribution in [0.25, 0.3) is 21.6 Å². The fourth-order valence-corrected chi connectivity index (χ4v) is 9.87. The Bertz CT molecular complexity index is 2760. The minimum Gasteiger partial charge on any atom is -0.494 e. The van der Waals surface area contributed by atoms with Crippen molar-refractivity contribution in [1.82, 2.24) is 20.5 Å². The molecular formula is C52H54F3N7O6S2. The molecule has 5 aromatic rings. The zero-order valence-electron chi connectivity index (χ0n) is 39.5. The molecule has 2 atom stereocenters. The number of ether oxygens (including phenoxy) is 2. The quantitative estimate of drug-likeness (QED) is 0.0641. The maximum atomic E-state index is 13.8. The third kappa shape index (κ3) is 11.5. The van der Waals surface area contributed by atoms with E-state index in [-0.39, 0.29) is 35.1 Å². The number of carbonyl (C=O) groups excluding carboxylic acids is 4. The number of hydrogen-bond donors (Lipinski definition) is 2. The second kappa shape index (κ2) is 22.0. The van der Waals surface area contributed by atoms with Crippen LogP contribution in [0.2, 0.25) is 0 Å². The number of unbranched alkanes of at least 4 members (excludes halogenated alkanes) is 1. The molecule has 70 heavy (non-hydrogen) atoms. The van der Waals surface area contributed by atoms with Gasteiger partial charge in [-0.05, 0) is 129 Å². The lowest BCUT2D eigenvalue weighted by Crippen LogP contribution is -2.55. The molecule has 7 rings (SSSR count). The summed E-state index contributed by atoms with van der Waals surface area (Å²) < 4.78 is 52.8. The molecule has 2 saturated heterocycles. The molecule has 1 aromatic heterocycles. The number of alkyl halides is 3. The number of nitriles is 1. The molecule has 0 unspecified atom stereocenters. The Morgan fingerprint density at radius 3 is 2.21 bits per heavy atom. The van der Waals surface area contributed by atoms with E-state index in [2.05, 4.69) is 15.6 Å². The van der Waals surface area contributed by atoms with Crippen LogP contribution in [-0.2, 0) is 36.6 Å². The van der Waals surface area contributed by atoms with Crippen molar-refractivity contribution >= 4 is 63.7 Å². The summed E-state index contributed by atoms with van der Waals surface area (Å²) in [5, 5.41) is 15.1. The zero-order valence-corrected chi connectivity index (χ0v) is 41.1. The molecule has 0 bridgehead atoms. The first kappa shape index (κ1) is 51.2. The number of aromatic nitrogens is 1. The summed E-state index contributed by atoms with van der Waals surface area (Å²) >= 11 is 7.25. The molecule has 0 spiro atoms. The molecule has 2 aliphatic heterocycles. The highest BCUT2D eigenvalue weighted by molar-refractivity contribution is 7.81. The van der Waals surface area contributed by atoms with Crippen molar-refractivity contribution in [2.24, 2.45) is 5.92 Å². The SMILES string of the molecule is Cc1ncsc1-c1ccc(CNC(=O)[C@@H]2CCCN2C(=O)[C@@H](NC(=O)COCCCCOc2ccc(-c3ccc(N4C(=S)N(c5ccc(C#N)c(C(F)(F)F)c5)C(=O)C4(C)C)cc3)cc2)C(C)C)cc1. The van der Waals surface area contributed by atoms with E-state index in [1.165, 1.54) is 6.07 Å². The average molecular weight is 994 g/mol. The number of aryl methyl sites for hydroxylation is 1. The minimum absolute atomic E-state index is 0.0101. The van der Waals surface area contributed by atoms with Gasteiger partial charge in [-0.25, -0.2) is 4.98 Å². The van der Waals surface area contributed by atoms with Crippen LogP contribution in [0.5, 0.6) is 5.75 Å². The highest BCUT2D eigenvalue weighted by Crippen LogP contribution is 2.40. The molecule has 4 aromatic carbocycles. The Morgan fingerprint density at radius 1 is 0.943 bits per heavy atom. The lowest BCUT2D eigenvalue weighted by molar-refractivity contribution is -0.143. The molecular weight excluding hydrogens is 940 g/mol. The molecule has 2 N–H and O–H groups in total. The lowest BCUT2D eigenvalue weighted by atomic mass is 10.0. The predicted molar refractivity (Wildman–Crippen MR) is 266 cm³/mol. The molecule has 2 aliphatic rings. The van der Waals surface area contributed by atoms with Crippen LogP contribution in [-0.4, -0.2) is 82.6 Å². The van der Waals surface area contributed by atoms with E-state index in [0.29, 0.717) is 63.4 Å². The van der Waals surface area contributed by atoms with Gasteiger partial charge >= 0.3 is 6.18 Å². The van der Waals surface area contributed by atoms with Crippen molar-refractivity contribution < 1.29 is 41.8 Å². The van der Waals surface area contributed by atoms with E-state index in [9.17, 15) is 37.6 Å². The molecule has 0 radical (unpaired) electrons. The van der Waals surface area contributed by atoms with Crippen LogP contribution in [0, 0.1) is 24.2 Å². The number of benzene rings is 4. The van der Waals surface area contributed by atoms with Gasteiger partial charge in [0.1, 0.15) is 30.0 Å². The first-order valence-corrected chi connectivity index (χ1v) is 24.3. The number of halogens is 3. The lowest BCUT2D eigenvalue weighted by Gasteiger charge is -2.30. The van der Waals surface area contributed by atoms with Crippen molar-refractivity contribution in [3.63, 3.8) is 0 Å². The number of nitrogens with zero attached hydrogens (tertiary/aromatic N) is 5. The Balaban J connectivity index is 0.823. The van der Waals surface area contributed by atoms with Crippen LogP contribution in [0.4, 0.5) is 24.5 Å². The number of anilines is 2. The number of hydrogen-bond acceptors (Lipinski definition) is 10. The fourth-order valence-electron chi connectivity index (χ4n) is 8.54. The standard InChI is InChI=1S/C52H54F3N7O6S2/c1-32(2)45(48(65)60-24-8-9-43(60)47(64)57-29-34-10-12-37(13-11-34)46-33(3)58-31-70-46)59-44(63)30-67-25-6-7-26-68-41-22-17-36(18-23-41)35-14-19-39(20-15-35)62-50(69)61(49(66)51(62,4)5)40-21-16-38(28-56)42(27-40)52(53,54)55/h10-23,27,31-32,43,45H,6-9,24-26,29-30H2,1-5H3,(H,57,64)(H,59,63)/t43-,45-/m0/s1. The number of nitrogens with one attached hydrogen (secondary N) is 2. The van der Waals surface area contributed by atoms with Gasteiger partial charge in [-0.1, -0.05) is 62.4 Å². The van der Waals surface area contributed by atoms with E-state index in [0.717, 1.165) is 49.9 Å². The minimum atomic E-state index is -4.80. The number of likely N-dealkylation sites (tertiary alicyclic amines) is 1. The number of amides is 4. The molecule has 4 amide bonds. The van der Waals surface area contributed by atoms with E-state index >= 15 is 0 Å². The Morgan fingerprint density at radius 2 is 1.59 bits per heavy atom. The fraction of sp³-hybridized carbons (Fsp3) is 0.365. The molecule has 3 heterocycles. The maximum Gasteiger partial charge on any atom is 0.417 e. The van der Waals surface area contributed by atoms with Crippen LogP contribution in [0.3, 0.4) is 0 Å². The third-order valence-corrected chi connectivity index (χ3v) is 13.7. The summed E-state index contributed by atoms with van der Waals surface area (Å²) in [4.78, 5) is 63.3. The number of thiocarbonyl (C=S) groups is 1. The van der Waals surface area contributed by atoms with Crippen molar-refractivity contribution in [2.45, 2.75) is 90.6 Å². The summed E-state index contributed by atoms with van der Waals surface area (Å²) in [5.41, 5.74) is 4.15. The molecule has 2 fully saturated rings. The van der Waals surface area contributed by atoms with Crippen LogP contribution in [0.15, 0.2) is 96.5 Å². The summed E-state index contributed by atoms with van der Waals surface area (Å²) in [6, 6.07) is 26.0. The van der Waals surface area contributed by atoms with Gasteiger partial charge in [-0.15, -0.1) is 11.3 Å². The van der Waals surface area contributed by atoms with E-state index in [1.54, 1.807) is 53.2 Å².